The predicted octanol–water partition coefficient (Wildman–Crippen LogP) is 3.92. The molecule has 0 radical (unpaired) electrons. The molecule has 2 atom stereocenters. The number of nitrogens with zero attached hydrogens (tertiary/aromatic N) is 1. The first-order valence-corrected chi connectivity index (χ1v) is 9.49. The Bertz CT molecular complexity index is 807. The van der Waals surface area contributed by atoms with Crippen molar-refractivity contribution in [1.29, 1.82) is 0 Å². The summed E-state index contributed by atoms with van der Waals surface area (Å²) in [6, 6.07) is 14.3. The second kappa shape index (κ2) is 6.64. The van der Waals surface area contributed by atoms with Gasteiger partial charge in [-0.2, -0.15) is 0 Å². The molecule has 4 rings (SSSR count). The highest BCUT2D eigenvalue weighted by molar-refractivity contribution is 8.00. The van der Waals surface area contributed by atoms with E-state index >= 15 is 0 Å². The fourth-order valence-corrected chi connectivity index (χ4v) is 4.39. The van der Waals surface area contributed by atoms with Gasteiger partial charge in [0.15, 0.2) is 11.5 Å². The zero-order valence-corrected chi connectivity index (χ0v) is 15.2. The maximum absolute atomic E-state index is 13.1. The highest BCUT2D eigenvalue weighted by Crippen LogP contribution is 2.38. The van der Waals surface area contributed by atoms with Gasteiger partial charge in [-0.15, -0.1) is 11.8 Å². The second-order valence-electron chi connectivity index (χ2n) is 6.46. The minimum atomic E-state index is -0.170. The van der Waals surface area contributed by atoms with E-state index in [2.05, 4.69) is 13.0 Å². The van der Waals surface area contributed by atoms with Crippen molar-refractivity contribution in [2.45, 2.75) is 36.5 Å². The summed E-state index contributed by atoms with van der Waals surface area (Å²) in [4.78, 5) is 16.0. The van der Waals surface area contributed by atoms with Gasteiger partial charge in [-0.05, 0) is 50.1 Å². The van der Waals surface area contributed by atoms with Crippen LogP contribution in [-0.4, -0.2) is 30.4 Å². The number of carbonyl (C=O) groups excluding carboxylic acids is 1. The minimum absolute atomic E-state index is 0.150. The molecule has 2 heterocycles. The molecular formula is C20H21NO3S. The summed E-state index contributed by atoms with van der Waals surface area (Å²) >= 11 is 1.56. The molecule has 2 aromatic rings. The second-order valence-corrected chi connectivity index (χ2v) is 7.87. The summed E-state index contributed by atoms with van der Waals surface area (Å²) in [5, 5.41) is -0.170. The third kappa shape index (κ3) is 3.09. The van der Waals surface area contributed by atoms with Crippen LogP contribution in [0.25, 0.3) is 0 Å². The van der Waals surface area contributed by atoms with Gasteiger partial charge in [0.2, 0.25) is 5.91 Å². The number of hydrogen-bond acceptors (Lipinski definition) is 4. The van der Waals surface area contributed by atoms with Gasteiger partial charge in [0.1, 0.15) is 13.2 Å². The smallest absolute Gasteiger partial charge is 0.240 e. The number of carbonyl (C=O) groups is 1. The van der Waals surface area contributed by atoms with Crippen molar-refractivity contribution in [2.24, 2.45) is 0 Å². The molecule has 2 aliphatic heterocycles. The molecule has 0 unspecified atom stereocenters. The fourth-order valence-electron chi connectivity index (χ4n) is 3.45. The Morgan fingerprint density at radius 1 is 1.16 bits per heavy atom. The molecule has 0 spiro atoms. The average molecular weight is 355 g/mol. The van der Waals surface area contributed by atoms with Crippen molar-refractivity contribution >= 4 is 23.4 Å². The lowest BCUT2D eigenvalue weighted by Gasteiger charge is -2.26. The lowest BCUT2D eigenvalue weighted by molar-refractivity contribution is -0.118. The van der Waals surface area contributed by atoms with E-state index in [1.807, 2.05) is 48.2 Å². The molecule has 0 fully saturated rings. The molecule has 0 saturated heterocycles. The van der Waals surface area contributed by atoms with Crippen LogP contribution in [0.2, 0.25) is 0 Å². The zero-order chi connectivity index (χ0) is 17.4. The number of anilines is 1. The van der Waals surface area contributed by atoms with Crippen LogP contribution >= 0.6 is 11.8 Å². The van der Waals surface area contributed by atoms with Crippen molar-refractivity contribution in [3.63, 3.8) is 0 Å². The minimum Gasteiger partial charge on any atom is -0.486 e. The van der Waals surface area contributed by atoms with Gasteiger partial charge in [0, 0.05) is 16.6 Å². The normalized spacial score (nSPS) is 19.4. The molecule has 2 aliphatic rings. The van der Waals surface area contributed by atoms with Crippen LogP contribution in [0.1, 0.15) is 19.4 Å². The number of rotatable bonds is 3. The van der Waals surface area contributed by atoms with E-state index in [-0.39, 0.29) is 17.2 Å². The molecule has 0 aromatic heterocycles. The van der Waals surface area contributed by atoms with Gasteiger partial charge >= 0.3 is 0 Å². The third-order valence-electron chi connectivity index (χ3n) is 4.62. The number of ether oxygens (including phenoxy) is 2. The molecule has 2 aromatic carbocycles. The molecule has 0 N–H and O–H groups in total. The van der Waals surface area contributed by atoms with E-state index in [0.29, 0.717) is 13.2 Å². The number of thioether (sulfide) groups is 1. The van der Waals surface area contributed by atoms with Crippen molar-refractivity contribution in [3.8, 4) is 11.5 Å². The Balaban J connectivity index is 1.51. The summed E-state index contributed by atoms with van der Waals surface area (Å²) < 4.78 is 11.2. The molecule has 4 nitrogen and oxygen atoms in total. The van der Waals surface area contributed by atoms with Crippen molar-refractivity contribution in [3.05, 3.63) is 48.0 Å². The maximum Gasteiger partial charge on any atom is 0.240 e. The SMILES string of the molecule is C[C@@H]1Cc2ccccc2N1C(=O)[C@@H](C)Sc1ccc2c(c1)OCCO2. The van der Waals surface area contributed by atoms with E-state index in [1.165, 1.54) is 5.56 Å². The first kappa shape index (κ1) is 16.3. The Labute approximate surface area is 152 Å². The topological polar surface area (TPSA) is 38.8 Å². The highest BCUT2D eigenvalue weighted by atomic mass is 32.2. The molecular weight excluding hydrogens is 334 g/mol. The van der Waals surface area contributed by atoms with E-state index in [0.717, 1.165) is 28.5 Å². The van der Waals surface area contributed by atoms with Crippen LogP contribution in [-0.2, 0) is 11.2 Å². The standard InChI is InChI=1S/C20H21NO3S/c1-13-11-15-5-3-4-6-17(15)21(13)20(22)14(2)25-16-7-8-18-19(12-16)24-10-9-23-18/h3-8,12-14H,9-11H2,1-2H3/t13-,14-/m1/s1. The van der Waals surface area contributed by atoms with E-state index < -0.39 is 0 Å². The summed E-state index contributed by atoms with van der Waals surface area (Å²) in [6.45, 7) is 5.23. The van der Waals surface area contributed by atoms with Gasteiger partial charge in [-0.25, -0.2) is 0 Å². The number of para-hydroxylation sites is 1. The summed E-state index contributed by atoms with van der Waals surface area (Å²) in [5.41, 5.74) is 2.30. The third-order valence-corrected chi connectivity index (χ3v) is 5.70. The number of fused-ring (bicyclic) bond motifs is 2. The summed E-state index contributed by atoms with van der Waals surface area (Å²) in [5.74, 6) is 1.68. The molecule has 0 saturated carbocycles. The molecule has 130 valence electrons. The zero-order valence-electron chi connectivity index (χ0n) is 14.4. The first-order chi connectivity index (χ1) is 12.1. The fraction of sp³-hybridized carbons (Fsp3) is 0.350. The largest absolute Gasteiger partial charge is 0.486 e. The highest BCUT2D eigenvalue weighted by Gasteiger charge is 2.33. The van der Waals surface area contributed by atoms with Crippen molar-refractivity contribution < 1.29 is 14.3 Å². The predicted molar refractivity (Wildman–Crippen MR) is 99.8 cm³/mol. The monoisotopic (exact) mass is 355 g/mol. The van der Waals surface area contributed by atoms with Gasteiger partial charge in [0.05, 0.1) is 5.25 Å². The Kier molecular flexibility index (Phi) is 4.34. The Morgan fingerprint density at radius 2 is 1.92 bits per heavy atom. The molecule has 0 aliphatic carbocycles. The van der Waals surface area contributed by atoms with Crippen LogP contribution in [0.5, 0.6) is 11.5 Å². The lowest BCUT2D eigenvalue weighted by atomic mass is 10.1. The van der Waals surface area contributed by atoms with Crippen LogP contribution in [0, 0.1) is 0 Å². The Morgan fingerprint density at radius 3 is 2.76 bits per heavy atom. The average Bonchev–Trinajstić information content (AvgIpc) is 2.96. The Hall–Kier alpha value is -2.14. The van der Waals surface area contributed by atoms with Gasteiger partial charge < -0.3 is 14.4 Å². The molecule has 5 heteroatoms. The lowest BCUT2D eigenvalue weighted by Crippen LogP contribution is -2.40. The van der Waals surface area contributed by atoms with Gasteiger partial charge in [-0.1, -0.05) is 18.2 Å². The number of benzene rings is 2. The first-order valence-electron chi connectivity index (χ1n) is 8.61. The molecule has 1 amide bonds. The summed E-state index contributed by atoms with van der Waals surface area (Å²) in [7, 11) is 0. The number of amides is 1. The quantitative estimate of drug-likeness (QED) is 0.783. The van der Waals surface area contributed by atoms with Crippen molar-refractivity contribution in [2.75, 3.05) is 18.1 Å². The summed E-state index contributed by atoms with van der Waals surface area (Å²) in [6.07, 6.45) is 0.920. The van der Waals surface area contributed by atoms with Crippen LogP contribution in [0.3, 0.4) is 0 Å². The maximum atomic E-state index is 13.1. The van der Waals surface area contributed by atoms with Crippen molar-refractivity contribution in [1.82, 2.24) is 0 Å². The van der Waals surface area contributed by atoms with E-state index in [9.17, 15) is 4.79 Å². The van der Waals surface area contributed by atoms with Crippen LogP contribution < -0.4 is 14.4 Å². The van der Waals surface area contributed by atoms with E-state index in [1.54, 1.807) is 11.8 Å². The van der Waals surface area contributed by atoms with Crippen LogP contribution in [0.4, 0.5) is 5.69 Å². The molecule has 0 bridgehead atoms. The molecule has 25 heavy (non-hydrogen) atoms. The van der Waals surface area contributed by atoms with Gasteiger partial charge in [-0.3, -0.25) is 4.79 Å². The van der Waals surface area contributed by atoms with Gasteiger partial charge in [0.25, 0.3) is 0 Å². The number of hydrogen-bond donors (Lipinski definition) is 0. The van der Waals surface area contributed by atoms with E-state index in [4.69, 9.17) is 9.47 Å². The van der Waals surface area contributed by atoms with Crippen LogP contribution in [0.15, 0.2) is 47.4 Å².